The molecule has 0 amide bonds. The lowest BCUT2D eigenvalue weighted by Crippen LogP contribution is -2.39. The molecular weight excluding hydrogens is 641 g/mol. The molecule has 0 N–H and O–H groups in total. The highest BCUT2D eigenvalue weighted by molar-refractivity contribution is 14.1. The molecule has 204 valence electrons. The van der Waals surface area contributed by atoms with E-state index in [9.17, 15) is 4.79 Å². The minimum Gasteiger partial charge on any atom is -0.496 e. The Bertz CT molecular complexity index is 2050. The minimum atomic E-state index is -0.271. The Morgan fingerprint density at radius 3 is 2.56 bits per heavy atom. The van der Waals surface area contributed by atoms with Gasteiger partial charge in [-0.15, -0.1) is 0 Å². The van der Waals surface area contributed by atoms with E-state index in [1.54, 1.807) is 7.11 Å². The largest absolute Gasteiger partial charge is 0.496 e. The molecule has 0 spiro atoms. The topological polar surface area (TPSA) is 48.5 Å². The molecule has 0 saturated carbocycles. The predicted octanol–water partition coefficient (Wildman–Crippen LogP) is 6.34. The zero-order chi connectivity index (χ0) is 28.2. The van der Waals surface area contributed by atoms with Gasteiger partial charge in [0.2, 0.25) is 0 Å². The van der Waals surface area contributed by atoms with Crippen LogP contribution in [0.4, 0.5) is 0 Å². The summed E-state index contributed by atoms with van der Waals surface area (Å²) in [4.78, 5) is 20.1. The zero-order valence-electron chi connectivity index (χ0n) is 23.0. The van der Waals surface area contributed by atoms with Gasteiger partial charge in [-0.05, 0) is 108 Å². The molecule has 0 fully saturated rings. The van der Waals surface area contributed by atoms with Crippen molar-refractivity contribution in [2.45, 2.75) is 32.7 Å². The highest BCUT2D eigenvalue weighted by atomic mass is 127. The summed E-state index contributed by atoms with van der Waals surface area (Å²) < 4.78 is 11.8. The summed E-state index contributed by atoms with van der Waals surface area (Å²) in [7, 11) is 1.69. The van der Waals surface area contributed by atoms with Crippen molar-refractivity contribution < 1.29 is 4.74 Å². The van der Waals surface area contributed by atoms with Crippen LogP contribution in [0.5, 0.6) is 5.75 Å². The van der Waals surface area contributed by atoms with E-state index in [1.807, 2.05) is 28.8 Å². The number of benzene rings is 3. The Balaban J connectivity index is 1.45. The molecule has 3 heterocycles. The van der Waals surface area contributed by atoms with Gasteiger partial charge in [0.05, 0.1) is 23.4 Å². The van der Waals surface area contributed by atoms with Crippen molar-refractivity contribution in [2.75, 3.05) is 7.11 Å². The summed E-state index contributed by atoms with van der Waals surface area (Å²) >= 11 is 3.79. The van der Waals surface area contributed by atoms with Gasteiger partial charge in [-0.3, -0.25) is 9.36 Å². The number of hydrogen-bond donors (Lipinski definition) is 0. The average Bonchev–Trinajstić information content (AvgIpc) is 3.45. The lowest BCUT2D eigenvalue weighted by Gasteiger charge is -2.31. The van der Waals surface area contributed by atoms with E-state index in [0.717, 1.165) is 62.9 Å². The monoisotopic (exact) mass is 669 g/mol. The molecule has 1 aliphatic carbocycles. The van der Waals surface area contributed by atoms with Crippen LogP contribution in [-0.4, -0.2) is 16.2 Å². The molecular formula is C34H28IN3O2S. The van der Waals surface area contributed by atoms with Crippen molar-refractivity contribution in [1.29, 1.82) is 0 Å². The number of nitrogens with zero attached hydrogens (tertiary/aromatic N) is 3. The van der Waals surface area contributed by atoms with Crippen LogP contribution in [0.2, 0.25) is 0 Å². The molecule has 3 aromatic carbocycles. The summed E-state index contributed by atoms with van der Waals surface area (Å²) in [6, 6.07) is 26.9. The number of allylic oxidation sites excluding steroid dienone is 1. The maximum absolute atomic E-state index is 14.2. The van der Waals surface area contributed by atoms with E-state index in [1.165, 1.54) is 26.0 Å². The van der Waals surface area contributed by atoms with Crippen LogP contribution in [0.25, 0.3) is 17.5 Å². The second-order valence-electron chi connectivity index (χ2n) is 10.5. The van der Waals surface area contributed by atoms with Gasteiger partial charge in [0.25, 0.3) is 5.56 Å². The Hall–Kier alpha value is -3.69. The number of ether oxygens (including phenoxy) is 1. The maximum Gasteiger partial charge on any atom is 0.271 e. The molecule has 2 aliphatic rings. The van der Waals surface area contributed by atoms with Gasteiger partial charge in [0.15, 0.2) is 4.80 Å². The molecule has 0 bridgehead atoms. The van der Waals surface area contributed by atoms with Gasteiger partial charge in [-0.25, -0.2) is 4.99 Å². The zero-order valence-corrected chi connectivity index (χ0v) is 26.0. The lowest BCUT2D eigenvalue weighted by molar-refractivity contribution is 0.402. The molecule has 5 nitrogen and oxygen atoms in total. The average molecular weight is 670 g/mol. The Morgan fingerprint density at radius 2 is 1.76 bits per heavy atom. The predicted molar refractivity (Wildman–Crippen MR) is 174 cm³/mol. The second kappa shape index (κ2) is 10.3. The first kappa shape index (κ1) is 26.2. The fourth-order valence-electron chi connectivity index (χ4n) is 6.25. The molecule has 1 aliphatic heterocycles. The van der Waals surface area contributed by atoms with Crippen LogP contribution < -0.4 is 19.6 Å². The molecule has 7 heteroatoms. The van der Waals surface area contributed by atoms with Gasteiger partial charge in [-0.2, -0.15) is 0 Å². The van der Waals surface area contributed by atoms with Crippen molar-refractivity contribution >= 4 is 45.7 Å². The molecule has 2 aromatic heterocycles. The number of hydrogen-bond acceptors (Lipinski definition) is 4. The molecule has 41 heavy (non-hydrogen) atoms. The first-order chi connectivity index (χ1) is 19.9. The summed E-state index contributed by atoms with van der Waals surface area (Å²) in [5.74, 6) is 0.778. The number of aromatic nitrogens is 2. The second-order valence-corrected chi connectivity index (χ2v) is 12.7. The summed E-state index contributed by atoms with van der Waals surface area (Å²) in [5.41, 5.74) is 9.97. The third-order valence-corrected chi connectivity index (χ3v) is 9.85. The standard InChI is InChI=1S/C34H28IN3O2S/c1-20-18-23(21(2)37(20)25-15-13-24(35)14-16-25)19-30-33(39)38-32(27-10-6-7-11-29(27)40-3)28-17-12-22-8-4-5-9-26(22)31(28)36-34(38)41-30/h4-11,13-16,18-19,32H,12,17H2,1-3H3/b30-19+/t32-/m0/s1. The lowest BCUT2D eigenvalue weighted by atomic mass is 9.83. The first-order valence-electron chi connectivity index (χ1n) is 13.7. The fraction of sp³-hybridized carbons (Fsp3) is 0.176. The van der Waals surface area contributed by atoms with E-state index in [2.05, 4.69) is 102 Å². The smallest absolute Gasteiger partial charge is 0.271 e. The van der Waals surface area contributed by atoms with Gasteiger partial charge < -0.3 is 9.30 Å². The number of aryl methyl sites for hydroxylation is 2. The number of thiazole rings is 1. The van der Waals surface area contributed by atoms with Crippen LogP contribution in [0.15, 0.2) is 94.2 Å². The first-order valence-corrected chi connectivity index (χ1v) is 15.5. The van der Waals surface area contributed by atoms with Crippen molar-refractivity contribution in [3.8, 4) is 11.4 Å². The maximum atomic E-state index is 14.2. The van der Waals surface area contributed by atoms with Gasteiger partial charge in [0.1, 0.15) is 5.75 Å². The third-order valence-electron chi connectivity index (χ3n) is 8.15. The van der Waals surface area contributed by atoms with Crippen molar-refractivity contribution in [3.63, 3.8) is 0 Å². The van der Waals surface area contributed by atoms with Crippen molar-refractivity contribution in [3.05, 3.63) is 141 Å². The number of para-hydroxylation sites is 1. The van der Waals surface area contributed by atoms with Crippen LogP contribution in [0.3, 0.4) is 0 Å². The number of halogens is 1. The number of fused-ring (bicyclic) bond motifs is 3. The quantitative estimate of drug-likeness (QED) is 0.210. The number of methoxy groups -OCH3 is 1. The Kier molecular flexibility index (Phi) is 6.59. The molecule has 7 rings (SSSR count). The third kappa shape index (κ3) is 4.33. The normalized spacial score (nSPS) is 16.2. The SMILES string of the molecule is COc1ccccc1[C@H]1C2=C(N=c3s/c(=C/c4cc(C)n(-c5ccc(I)cc5)c4C)c(=O)n31)c1ccccc1CC2. The van der Waals surface area contributed by atoms with E-state index in [0.29, 0.717) is 4.53 Å². The molecule has 5 aromatic rings. The Labute approximate surface area is 255 Å². The molecule has 0 unspecified atom stereocenters. The molecule has 0 saturated heterocycles. The number of rotatable bonds is 4. The van der Waals surface area contributed by atoms with E-state index >= 15 is 0 Å². The van der Waals surface area contributed by atoms with Crippen molar-refractivity contribution in [1.82, 2.24) is 9.13 Å². The van der Waals surface area contributed by atoms with E-state index < -0.39 is 0 Å². The van der Waals surface area contributed by atoms with E-state index in [4.69, 9.17) is 9.73 Å². The van der Waals surface area contributed by atoms with Crippen LogP contribution in [0.1, 0.15) is 46.1 Å². The molecule has 1 atom stereocenters. The van der Waals surface area contributed by atoms with Crippen molar-refractivity contribution in [2.24, 2.45) is 4.99 Å². The summed E-state index contributed by atoms with van der Waals surface area (Å²) in [6.07, 6.45) is 3.80. The summed E-state index contributed by atoms with van der Waals surface area (Å²) in [5, 5.41) is 0. The summed E-state index contributed by atoms with van der Waals surface area (Å²) in [6.45, 7) is 4.22. The van der Waals surface area contributed by atoms with E-state index in [-0.39, 0.29) is 11.6 Å². The van der Waals surface area contributed by atoms with Gasteiger partial charge in [0, 0.05) is 31.8 Å². The van der Waals surface area contributed by atoms with Gasteiger partial charge >= 0.3 is 0 Å². The van der Waals surface area contributed by atoms with Crippen LogP contribution in [0, 0.1) is 17.4 Å². The van der Waals surface area contributed by atoms with Gasteiger partial charge in [-0.1, -0.05) is 53.8 Å². The fourth-order valence-corrected chi connectivity index (χ4v) is 7.61. The highest BCUT2D eigenvalue weighted by Gasteiger charge is 2.34. The van der Waals surface area contributed by atoms with Crippen LogP contribution >= 0.6 is 33.9 Å². The Morgan fingerprint density at radius 1 is 1.00 bits per heavy atom. The van der Waals surface area contributed by atoms with Crippen LogP contribution in [-0.2, 0) is 6.42 Å². The highest BCUT2D eigenvalue weighted by Crippen LogP contribution is 2.43. The molecule has 0 radical (unpaired) electrons. The minimum absolute atomic E-state index is 0.0193.